The fourth-order valence-electron chi connectivity index (χ4n) is 4.02. The lowest BCUT2D eigenvalue weighted by Crippen LogP contribution is -2.38. The third kappa shape index (κ3) is 3.39. The number of fused-ring (bicyclic) bond motifs is 1. The molecule has 2 aromatic heterocycles. The lowest BCUT2D eigenvalue weighted by molar-refractivity contribution is 0.286. The molecule has 27 heavy (non-hydrogen) atoms. The number of hydrogen-bond donors (Lipinski definition) is 1. The number of hydrogen-bond acceptors (Lipinski definition) is 3. The van der Waals surface area contributed by atoms with Crippen LogP contribution in [-0.4, -0.2) is 35.8 Å². The second kappa shape index (κ2) is 7.09. The Bertz CT molecular complexity index is 1050. The zero-order chi connectivity index (χ0) is 19.0. The molecule has 1 N–H and O–H groups in total. The standard InChI is InChI=1S/C21H25N3O2S/c1-15-14-20-19(12-13-22-21(20)23-15)16-8-10-18(11-9-16)27(25,26)24(2)17-6-4-3-5-7-17/h8-14,17H,3-7H2,1-2H3,(H,22,23). The molecule has 1 aliphatic carbocycles. The number of pyridine rings is 1. The highest BCUT2D eigenvalue weighted by molar-refractivity contribution is 7.89. The van der Waals surface area contributed by atoms with Crippen molar-refractivity contribution in [2.75, 3.05) is 7.05 Å². The van der Waals surface area contributed by atoms with Gasteiger partial charge in [0.05, 0.1) is 4.90 Å². The number of H-pyrrole nitrogens is 1. The number of rotatable bonds is 4. The van der Waals surface area contributed by atoms with Crippen molar-refractivity contribution in [2.24, 2.45) is 0 Å². The summed E-state index contributed by atoms with van der Waals surface area (Å²) in [6, 6.07) is 11.4. The van der Waals surface area contributed by atoms with E-state index in [0.29, 0.717) is 4.90 Å². The zero-order valence-electron chi connectivity index (χ0n) is 15.8. The summed E-state index contributed by atoms with van der Waals surface area (Å²) >= 11 is 0. The summed E-state index contributed by atoms with van der Waals surface area (Å²) < 4.78 is 27.6. The van der Waals surface area contributed by atoms with Crippen molar-refractivity contribution >= 4 is 21.1 Å². The number of aromatic amines is 1. The highest BCUT2D eigenvalue weighted by atomic mass is 32.2. The van der Waals surface area contributed by atoms with Crippen molar-refractivity contribution in [3.05, 3.63) is 48.3 Å². The molecule has 142 valence electrons. The van der Waals surface area contributed by atoms with Crippen molar-refractivity contribution in [1.82, 2.24) is 14.3 Å². The summed E-state index contributed by atoms with van der Waals surface area (Å²) in [6.45, 7) is 2.00. The molecule has 3 aromatic rings. The maximum atomic E-state index is 13.0. The van der Waals surface area contributed by atoms with Gasteiger partial charge in [0.2, 0.25) is 10.0 Å². The van der Waals surface area contributed by atoms with Gasteiger partial charge >= 0.3 is 0 Å². The van der Waals surface area contributed by atoms with E-state index < -0.39 is 10.0 Å². The first-order valence-electron chi connectivity index (χ1n) is 9.49. The fraction of sp³-hybridized carbons (Fsp3) is 0.381. The van der Waals surface area contributed by atoms with Crippen molar-refractivity contribution in [3.63, 3.8) is 0 Å². The molecule has 0 saturated heterocycles. The van der Waals surface area contributed by atoms with Crippen LogP contribution >= 0.6 is 0 Å². The van der Waals surface area contributed by atoms with Gasteiger partial charge in [-0.05, 0) is 55.2 Å². The third-order valence-electron chi connectivity index (χ3n) is 5.60. The maximum absolute atomic E-state index is 13.0. The molecule has 4 rings (SSSR count). The van der Waals surface area contributed by atoms with Crippen LogP contribution in [0.25, 0.3) is 22.2 Å². The van der Waals surface area contributed by atoms with Gasteiger partial charge in [-0.2, -0.15) is 4.31 Å². The Morgan fingerprint density at radius 2 is 1.78 bits per heavy atom. The lowest BCUT2D eigenvalue weighted by Gasteiger charge is -2.30. The maximum Gasteiger partial charge on any atom is 0.243 e. The molecule has 0 aliphatic heterocycles. The van der Waals surface area contributed by atoms with Crippen molar-refractivity contribution in [3.8, 4) is 11.1 Å². The Balaban J connectivity index is 1.65. The Kier molecular flexibility index (Phi) is 4.78. The molecule has 0 unspecified atom stereocenters. The number of nitrogens with one attached hydrogen (secondary N) is 1. The predicted molar refractivity (Wildman–Crippen MR) is 108 cm³/mol. The number of nitrogens with zero attached hydrogens (tertiary/aromatic N) is 2. The molecule has 1 saturated carbocycles. The quantitative estimate of drug-likeness (QED) is 0.722. The highest BCUT2D eigenvalue weighted by Crippen LogP contribution is 2.30. The van der Waals surface area contributed by atoms with Crippen LogP contribution in [0.3, 0.4) is 0 Å². The Labute approximate surface area is 160 Å². The number of aromatic nitrogens is 2. The van der Waals surface area contributed by atoms with E-state index in [1.54, 1.807) is 29.7 Å². The third-order valence-corrected chi connectivity index (χ3v) is 7.52. The molecule has 1 fully saturated rings. The first-order chi connectivity index (χ1) is 13.0. The second-order valence-electron chi connectivity index (χ2n) is 7.41. The summed E-state index contributed by atoms with van der Waals surface area (Å²) in [6.07, 6.45) is 7.10. The predicted octanol–water partition coefficient (Wildman–Crippen LogP) is 4.49. The van der Waals surface area contributed by atoms with Crippen molar-refractivity contribution in [2.45, 2.75) is 50.0 Å². The molecule has 5 nitrogen and oxygen atoms in total. The normalized spacial score (nSPS) is 16.3. The van der Waals surface area contributed by atoms with Crippen LogP contribution in [0.2, 0.25) is 0 Å². The molecule has 0 radical (unpaired) electrons. The molecule has 1 aliphatic rings. The van der Waals surface area contributed by atoms with Crippen LogP contribution < -0.4 is 0 Å². The van der Waals surface area contributed by atoms with Crippen LogP contribution in [0, 0.1) is 6.92 Å². The zero-order valence-corrected chi connectivity index (χ0v) is 16.6. The van der Waals surface area contributed by atoms with Crippen molar-refractivity contribution < 1.29 is 8.42 Å². The largest absolute Gasteiger partial charge is 0.344 e. The van der Waals surface area contributed by atoms with Crippen LogP contribution in [0.1, 0.15) is 37.8 Å². The van der Waals surface area contributed by atoms with Crippen LogP contribution in [0.15, 0.2) is 47.5 Å². The minimum Gasteiger partial charge on any atom is -0.344 e. The Hall–Kier alpha value is -2.18. The van der Waals surface area contributed by atoms with Gasteiger partial charge in [-0.25, -0.2) is 13.4 Å². The van der Waals surface area contributed by atoms with E-state index in [2.05, 4.69) is 16.0 Å². The van der Waals surface area contributed by atoms with E-state index in [9.17, 15) is 8.42 Å². The van der Waals surface area contributed by atoms with E-state index in [4.69, 9.17) is 0 Å². The molecule has 0 spiro atoms. The molecule has 2 heterocycles. The molecule has 1 aromatic carbocycles. The second-order valence-corrected chi connectivity index (χ2v) is 9.41. The number of aryl methyl sites for hydroxylation is 1. The highest BCUT2D eigenvalue weighted by Gasteiger charge is 2.28. The van der Waals surface area contributed by atoms with Crippen LogP contribution in [0.4, 0.5) is 0 Å². The van der Waals surface area contributed by atoms with Crippen LogP contribution in [-0.2, 0) is 10.0 Å². The average molecular weight is 384 g/mol. The monoisotopic (exact) mass is 383 g/mol. The smallest absolute Gasteiger partial charge is 0.243 e. The molecule has 0 atom stereocenters. The minimum atomic E-state index is -3.46. The first kappa shape index (κ1) is 18.2. The Morgan fingerprint density at radius 1 is 1.07 bits per heavy atom. The average Bonchev–Trinajstić information content (AvgIpc) is 3.08. The van der Waals surface area contributed by atoms with Gasteiger partial charge in [-0.1, -0.05) is 31.4 Å². The van der Waals surface area contributed by atoms with Gasteiger partial charge in [0.1, 0.15) is 5.65 Å². The number of benzene rings is 1. The molecule has 6 heteroatoms. The van der Waals surface area contributed by atoms with E-state index in [0.717, 1.165) is 53.5 Å². The van der Waals surface area contributed by atoms with E-state index in [-0.39, 0.29) is 6.04 Å². The van der Waals surface area contributed by atoms with Crippen molar-refractivity contribution in [1.29, 1.82) is 0 Å². The van der Waals surface area contributed by atoms with E-state index in [1.807, 2.05) is 25.1 Å². The van der Waals surface area contributed by atoms with Gasteiger partial charge in [-0.3, -0.25) is 0 Å². The minimum absolute atomic E-state index is 0.117. The molecular weight excluding hydrogens is 358 g/mol. The van der Waals surface area contributed by atoms with Gasteiger partial charge in [0.25, 0.3) is 0 Å². The SMILES string of the molecule is Cc1cc2c(-c3ccc(S(=O)(=O)N(C)C4CCCCC4)cc3)ccnc2[nH]1. The molecule has 0 amide bonds. The van der Waals surface area contributed by atoms with Gasteiger partial charge in [0.15, 0.2) is 0 Å². The summed E-state index contributed by atoms with van der Waals surface area (Å²) in [5, 5.41) is 1.05. The summed E-state index contributed by atoms with van der Waals surface area (Å²) in [5.74, 6) is 0. The molecule has 0 bridgehead atoms. The van der Waals surface area contributed by atoms with Gasteiger partial charge < -0.3 is 4.98 Å². The Morgan fingerprint density at radius 3 is 2.48 bits per heavy atom. The fourth-order valence-corrected chi connectivity index (χ4v) is 5.44. The first-order valence-corrected chi connectivity index (χ1v) is 10.9. The van der Waals surface area contributed by atoms with E-state index >= 15 is 0 Å². The van der Waals surface area contributed by atoms with E-state index in [1.165, 1.54) is 6.42 Å². The van der Waals surface area contributed by atoms with Crippen LogP contribution in [0.5, 0.6) is 0 Å². The topological polar surface area (TPSA) is 66.1 Å². The van der Waals surface area contributed by atoms with Gasteiger partial charge in [0, 0.05) is 30.4 Å². The van der Waals surface area contributed by atoms with Gasteiger partial charge in [-0.15, -0.1) is 0 Å². The lowest BCUT2D eigenvalue weighted by atomic mass is 9.96. The summed E-state index contributed by atoms with van der Waals surface area (Å²) in [5.41, 5.74) is 3.94. The molecular formula is C21H25N3O2S. The number of sulfonamides is 1. The summed E-state index contributed by atoms with van der Waals surface area (Å²) in [7, 11) is -1.74. The summed E-state index contributed by atoms with van der Waals surface area (Å²) in [4.78, 5) is 7.96.